The molecule has 0 bridgehead atoms. The summed E-state index contributed by atoms with van der Waals surface area (Å²) in [6, 6.07) is 0. The Kier molecular flexibility index (Phi) is 2.14. The van der Waals surface area contributed by atoms with Gasteiger partial charge in [0.05, 0.1) is 5.01 Å². The summed E-state index contributed by atoms with van der Waals surface area (Å²) < 4.78 is 0. The monoisotopic (exact) mass is 187 g/mol. The maximum atomic E-state index is 5.62. The van der Waals surface area contributed by atoms with E-state index >= 15 is 0 Å². The number of hydrogen-bond acceptors (Lipinski definition) is 2. The summed E-state index contributed by atoms with van der Waals surface area (Å²) in [5.74, 6) is 1.51. The average molecular weight is 188 g/mol. The van der Waals surface area contributed by atoms with E-state index in [4.69, 9.17) is 11.6 Å². The molecule has 3 heteroatoms. The predicted molar refractivity (Wildman–Crippen MR) is 48.5 cm³/mol. The van der Waals surface area contributed by atoms with Gasteiger partial charge in [0.2, 0.25) is 0 Å². The molecule has 0 radical (unpaired) electrons. The molecule has 0 N–H and O–H groups in total. The summed E-state index contributed by atoms with van der Waals surface area (Å²) in [4.78, 5) is 5.69. The van der Waals surface area contributed by atoms with Crippen LogP contribution in [0.1, 0.15) is 28.6 Å². The topological polar surface area (TPSA) is 12.9 Å². The third kappa shape index (κ3) is 1.74. The van der Waals surface area contributed by atoms with Crippen molar-refractivity contribution >= 4 is 22.9 Å². The van der Waals surface area contributed by atoms with E-state index in [9.17, 15) is 0 Å². The number of alkyl halides is 1. The van der Waals surface area contributed by atoms with E-state index in [1.807, 2.05) is 17.5 Å². The van der Waals surface area contributed by atoms with Gasteiger partial charge in [-0.2, -0.15) is 0 Å². The third-order valence-corrected chi connectivity index (χ3v) is 3.25. The van der Waals surface area contributed by atoms with Crippen LogP contribution >= 0.6 is 22.9 Å². The van der Waals surface area contributed by atoms with Gasteiger partial charge in [0, 0.05) is 22.9 Å². The van der Waals surface area contributed by atoms with Crippen LogP contribution in [0.3, 0.4) is 0 Å². The summed E-state index contributed by atoms with van der Waals surface area (Å²) in [6.45, 7) is 0. The first-order chi connectivity index (χ1) is 5.40. The highest BCUT2D eigenvalue weighted by molar-refractivity contribution is 7.11. The first kappa shape index (κ1) is 7.56. The van der Waals surface area contributed by atoms with Crippen LogP contribution in [0.4, 0.5) is 0 Å². The Hall–Kier alpha value is -0.0800. The van der Waals surface area contributed by atoms with Crippen LogP contribution in [-0.4, -0.2) is 10.9 Å². The Labute approximate surface area is 75.4 Å². The van der Waals surface area contributed by atoms with Crippen molar-refractivity contribution in [3.05, 3.63) is 16.1 Å². The lowest BCUT2D eigenvalue weighted by Gasteiger charge is -1.86. The zero-order chi connectivity index (χ0) is 7.68. The molecule has 1 aliphatic carbocycles. The van der Waals surface area contributed by atoms with E-state index < -0.39 is 0 Å². The fraction of sp³-hybridized carbons (Fsp3) is 0.625. The largest absolute Gasteiger partial charge is 0.249 e. The van der Waals surface area contributed by atoms with Crippen LogP contribution in [0.5, 0.6) is 0 Å². The highest BCUT2D eigenvalue weighted by atomic mass is 35.5. The molecule has 1 aromatic rings. The Bertz CT molecular complexity index is 242. The fourth-order valence-corrected chi connectivity index (χ4v) is 2.45. The van der Waals surface area contributed by atoms with Gasteiger partial charge in [0.15, 0.2) is 0 Å². The van der Waals surface area contributed by atoms with Gasteiger partial charge in [-0.15, -0.1) is 22.9 Å². The fourth-order valence-electron chi connectivity index (χ4n) is 1.05. The molecule has 1 saturated carbocycles. The highest BCUT2D eigenvalue weighted by Gasteiger charge is 2.26. The van der Waals surface area contributed by atoms with Crippen LogP contribution < -0.4 is 0 Å². The van der Waals surface area contributed by atoms with Gasteiger partial charge in [-0.05, 0) is 19.3 Å². The molecule has 1 aliphatic rings. The first-order valence-electron chi connectivity index (χ1n) is 3.90. The molecular formula is C8H10ClNS. The maximum absolute atomic E-state index is 5.62. The number of nitrogens with zero attached hydrogens (tertiary/aromatic N) is 1. The highest BCUT2D eigenvalue weighted by Crippen LogP contribution is 2.41. The van der Waals surface area contributed by atoms with E-state index in [2.05, 4.69) is 4.98 Å². The van der Waals surface area contributed by atoms with Gasteiger partial charge in [-0.1, -0.05) is 0 Å². The maximum Gasteiger partial charge on any atom is 0.0958 e. The van der Waals surface area contributed by atoms with Gasteiger partial charge in [0.25, 0.3) is 0 Å². The lowest BCUT2D eigenvalue weighted by molar-refractivity contribution is 1.08. The van der Waals surface area contributed by atoms with Crippen molar-refractivity contribution in [2.45, 2.75) is 25.2 Å². The van der Waals surface area contributed by atoms with Crippen molar-refractivity contribution in [1.82, 2.24) is 4.98 Å². The molecule has 0 unspecified atom stereocenters. The van der Waals surface area contributed by atoms with Gasteiger partial charge >= 0.3 is 0 Å². The molecule has 0 aliphatic heterocycles. The molecule has 0 amide bonds. The van der Waals surface area contributed by atoms with Crippen molar-refractivity contribution in [3.63, 3.8) is 0 Å². The van der Waals surface area contributed by atoms with E-state index in [0.29, 0.717) is 5.88 Å². The second-order valence-electron chi connectivity index (χ2n) is 2.88. The number of thiazole rings is 1. The SMILES string of the molecule is ClCCc1cnc(C2CC2)s1. The van der Waals surface area contributed by atoms with Crippen LogP contribution in [0.15, 0.2) is 6.20 Å². The minimum absolute atomic E-state index is 0.715. The molecule has 0 aromatic carbocycles. The molecular weight excluding hydrogens is 178 g/mol. The quantitative estimate of drug-likeness (QED) is 0.664. The number of rotatable bonds is 3. The molecule has 1 aromatic heterocycles. The molecule has 1 nitrogen and oxygen atoms in total. The summed E-state index contributed by atoms with van der Waals surface area (Å²) in [7, 11) is 0. The lowest BCUT2D eigenvalue weighted by atomic mass is 10.4. The zero-order valence-corrected chi connectivity index (χ0v) is 7.79. The second kappa shape index (κ2) is 3.11. The Morgan fingerprint density at radius 2 is 2.45 bits per heavy atom. The van der Waals surface area contributed by atoms with Crippen LogP contribution in [0.2, 0.25) is 0 Å². The smallest absolute Gasteiger partial charge is 0.0958 e. The lowest BCUT2D eigenvalue weighted by Crippen LogP contribution is -1.77. The summed E-state index contributed by atoms with van der Waals surface area (Å²) in [6.07, 6.45) is 5.63. The first-order valence-corrected chi connectivity index (χ1v) is 5.26. The Balaban J connectivity index is 2.06. The molecule has 1 heterocycles. The Morgan fingerprint density at radius 1 is 1.64 bits per heavy atom. The van der Waals surface area contributed by atoms with Crippen LogP contribution in [0.25, 0.3) is 0 Å². The van der Waals surface area contributed by atoms with E-state index in [1.165, 1.54) is 22.7 Å². The summed E-state index contributed by atoms with van der Waals surface area (Å²) in [5, 5.41) is 1.32. The zero-order valence-electron chi connectivity index (χ0n) is 6.22. The predicted octanol–water partition coefficient (Wildman–Crippen LogP) is 2.80. The normalized spacial score (nSPS) is 17.2. The average Bonchev–Trinajstić information content (AvgIpc) is 2.75. The van der Waals surface area contributed by atoms with Crippen molar-refractivity contribution in [1.29, 1.82) is 0 Å². The van der Waals surface area contributed by atoms with E-state index in [0.717, 1.165) is 12.3 Å². The van der Waals surface area contributed by atoms with Gasteiger partial charge in [-0.3, -0.25) is 0 Å². The van der Waals surface area contributed by atoms with Crippen LogP contribution in [-0.2, 0) is 6.42 Å². The number of halogens is 1. The molecule has 1 fully saturated rings. The molecule has 0 saturated heterocycles. The van der Waals surface area contributed by atoms with Crippen molar-refractivity contribution in [2.24, 2.45) is 0 Å². The van der Waals surface area contributed by atoms with E-state index in [1.54, 1.807) is 0 Å². The Morgan fingerprint density at radius 3 is 3.09 bits per heavy atom. The minimum Gasteiger partial charge on any atom is -0.249 e. The molecule has 0 atom stereocenters. The third-order valence-electron chi connectivity index (χ3n) is 1.84. The number of aryl methyl sites for hydroxylation is 1. The van der Waals surface area contributed by atoms with Crippen molar-refractivity contribution in [2.75, 3.05) is 5.88 Å². The van der Waals surface area contributed by atoms with Gasteiger partial charge in [0.1, 0.15) is 0 Å². The van der Waals surface area contributed by atoms with Crippen LogP contribution in [0, 0.1) is 0 Å². The van der Waals surface area contributed by atoms with Crippen molar-refractivity contribution < 1.29 is 0 Å². The number of aromatic nitrogens is 1. The summed E-state index contributed by atoms with van der Waals surface area (Å²) >= 11 is 7.45. The number of hydrogen-bond donors (Lipinski definition) is 0. The molecule has 2 rings (SSSR count). The summed E-state index contributed by atoms with van der Waals surface area (Å²) in [5.41, 5.74) is 0. The minimum atomic E-state index is 0.715. The standard InChI is InChI=1S/C8H10ClNS/c9-4-3-7-5-10-8(11-7)6-1-2-6/h5-6H,1-4H2. The van der Waals surface area contributed by atoms with Gasteiger partial charge < -0.3 is 0 Å². The molecule has 60 valence electrons. The molecule has 0 spiro atoms. The van der Waals surface area contributed by atoms with Gasteiger partial charge in [-0.25, -0.2) is 4.98 Å². The van der Waals surface area contributed by atoms with E-state index in [-0.39, 0.29) is 0 Å². The van der Waals surface area contributed by atoms with Crippen molar-refractivity contribution in [3.8, 4) is 0 Å². The molecule has 11 heavy (non-hydrogen) atoms. The second-order valence-corrected chi connectivity index (χ2v) is 4.40.